The van der Waals surface area contributed by atoms with E-state index in [0.717, 1.165) is 10.1 Å². The minimum Gasteiger partial charge on any atom is -0.284 e. The maximum Gasteiger partial charge on any atom is 0.332 e. The molecule has 0 radical (unpaired) electrons. The van der Waals surface area contributed by atoms with Gasteiger partial charge in [-0.2, -0.15) is 4.98 Å². The first-order valence-electron chi connectivity index (χ1n) is 6.57. The Morgan fingerprint density at radius 3 is 2.45 bits per heavy atom. The quantitative estimate of drug-likeness (QED) is 0.676. The topological polar surface area (TPSA) is 61.8 Å². The van der Waals surface area contributed by atoms with Gasteiger partial charge in [-0.1, -0.05) is 30.3 Å². The fourth-order valence-electron chi connectivity index (χ4n) is 2.25. The highest BCUT2D eigenvalue weighted by Crippen LogP contribution is 2.16. The van der Waals surface area contributed by atoms with E-state index < -0.39 is 11.2 Å². The summed E-state index contributed by atoms with van der Waals surface area (Å²) in [7, 11) is 2.98. The van der Waals surface area contributed by atoms with Crippen molar-refractivity contribution in [1.82, 2.24) is 18.7 Å². The molecule has 0 spiro atoms. The predicted octanol–water partition coefficient (Wildman–Crippen LogP) is 1.71. The van der Waals surface area contributed by atoms with Crippen LogP contribution in [0.2, 0.25) is 5.28 Å². The van der Waals surface area contributed by atoms with Crippen LogP contribution in [0, 0.1) is 0 Å². The summed E-state index contributed by atoms with van der Waals surface area (Å²) in [5, 5.41) is 0.125. The van der Waals surface area contributed by atoms with Crippen LogP contribution in [0.25, 0.3) is 23.4 Å². The first-order valence-corrected chi connectivity index (χ1v) is 6.95. The second-order valence-electron chi connectivity index (χ2n) is 4.86. The normalized spacial score (nSPS) is 11.6. The van der Waals surface area contributed by atoms with Crippen molar-refractivity contribution in [3.8, 4) is 0 Å². The van der Waals surface area contributed by atoms with Crippen LogP contribution < -0.4 is 11.2 Å². The van der Waals surface area contributed by atoms with Crippen LogP contribution in [-0.2, 0) is 14.1 Å². The van der Waals surface area contributed by atoms with E-state index in [4.69, 9.17) is 11.6 Å². The Morgan fingerprint density at radius 2 is 1.77 bits per heavy atom. The lowest BCUT2D eigenvalue weighted by atomic mass is 10.2. The smallest absolute Gasteiger partial charge is 0.284 e. The van der Waals surface area contributed by atoms with Crippen LogP contribution >= 0.6 is 11.6 Å². The van der Waals surface area contributed by atoms with Crippen molar-refractivity contribution in [3.05, 3.63) is 62.0 Å². The number of fused-ring (bicyclic) bond motifs is 1. The largest absolute Gasteiger partial charge is 0.332 e. The zero-order valence-electron chi connectivity index (χ0n) is 12.0. The number of hydrogen-bond acceptors (Lipinski definition) is 3. The number of aromatic nitrogens is 4. The summed E-state index contributed by atoms with van der Waals surface area (Å²) >= 11 is 6.12. The average molecular weight is 317 g/mol. The van der Waals surface area contributed by atoms with E-state index in [1.807, 2.05) is 36.4 Å². The molecule has 3 aromatic rings. The first kappa shape index (κ1) is 14.3. The molecule has 0 aliphatic heterocycles. The molecule has 0 N–H and O–H groups in total. The Hall–Kier alpha value is -2.60. The summed E-state index contributed by atoms with van der Waals surface area (Å²) in [6.07, 6.45) is 3.48. The molecule has 0 amide bonds. The first-order chi connectivity index (χ1) is 10.5. The number of hydrogen-bond donors (Lipinski definition) is 0. The maximum absolute atomic E-state index is 12.3. The lowest BCUT2D eigenvalue weighted by molar-refractivity contribution is 0.708. The van der Waals surface area contributed by atoms with Gasteiger partial charge in [0.15, 0.2) is 11.2 Å². The van der Waals surface area contributed by atoms with Crippen LogP contribution in [0.3, 0.4) is 0 Å². The molecule has 112 valence electrons. The second kappa shape index (κ2) is 5.31. The second-order valence-corrected chi connectivity index (χ2v) is 5.19. The van der Waals surface area contributed by atoms with Gasteiger partial charge in [0.05, 0.1) is 0 Å². The molecule has 0 saturated carbocycles. The van der Waals surface area contributed by atoms with Gasteiger partial charge in [-0.15, -0.1) is 0 Å². The molecule has 0 unspecified atom stereocenters. The highest BCUT2D eigenvalue weighted by Gasteiger charge is 2.16. The Balaban J connectivity index is 2.27. The summed E-state index contributed by atoms with van der Waals surface area (Å²) in [5.41, 5.74) is 0.612. The van der Waals surface area contributed by atoms with Gasteiger partial charge in [-0.3, -0.25) is 18.5 Å². The summed E-state index contributed by atoms with van der Waals surface area (Å²) in [6.45, 7) is 0. The highest BCUT2D eigenvalue weighted by molar-refractivity contribution is 6.29. The zero-order valence-corrected chi connectivity index (χ0v) is 12.8. The number of halogens is 1. The van der Waals surface area contributed by atoms with Gasteiger partial charge in [-0.05, 0) is 23.2 Å². The van der Waals surface area contributed by atoms with Crippen LogP contribution in [-0.4, -0.2) is 18.7 Å². The predicted molar refractivity (Wildman–Crippen MR) is 86.9 cm³/mol. The van der Waals surface area contributed by atoms with E-state index in [1.54, 1.807) is 13.2 Å². The van der Waals surface area contributed by atoms with Gasteiger partial charge in [-0.25, -0.2) is 4.79 Å². The molecule has 6 nitrogen and oxygen atoms in total. The lowest BCUT2D eigenvalue weighted by Crippen LogP contribution is -2.37. The molecule has 0 saturated heterocycles. The lowest BCUT2D eigenvalue weighted by Gasteiger charge is -2.03. The van der Waals surface area contributed by atoms with Crippen molar-refractivity contribution in [1.29, 1.82) is 0 Å². The molecule has 22 heavy (non-hydrogen) atoms. The highest BCUT2D eigenvalue weighted by atomic mass is 35.5. The van der Waals surface area contributed by atoms with Gasteiger partial charge >= 0.3 is 5.69 Å². The third-order valence-electron chi connectivity index (χ3n) is 3.46. The number of nitrogens with zero attached hydrogens (tertiary/aromatic N) is 4. The van der Waals surface area contributed by atoms with E-state index in [1.165, 1.54) is 16.2 Å². The molecule has 0 bridgehead atoms. The molecule has 1 aromatic carbocycles. The van der Waals surface area contributed by atoms with Crippen molar-refractivity contribution in [2.24, 2.45) is 14.1 Å². The van der Waals surface area contributed by atoms with E-state index in [9.17, 15) is 9.59 Å². The molecular formula is C15H13ClN4O2. The number of imidazole rings is 1. The molecular weight excluding hydrogens is 304 g/mol. The molecule has 0 aliphatic rings. The number of aryl methyl sites for hydroxylation is 1. The van der Waals surface area contributed by atoms with E-state index in [-0.39, 0.29) is 16.4 Å². The van der Waals surface area contributed by atoms with Crippen LogP contribution in [0.4, 0.5) is 0 Å². The van der Waals surface area contributed by atoms with Crippen LogP contribution in [0.1, 0.15) is 5.56 Å². The van der Waals surface area contributed by atoms with Gasteiger partial charge < -0.3 is 0 Å². The fraction of sp³-hybridized carbons (Fsp3) is 0.133. The van der Waals surface area contributed by atoms with Crippen molar-refractivity contribution in [3.63, 3.8) is 0 Å². The van der Waals surface area contributed by atoms with E-state index >= 15 is 0 Å². The minimum absolute atomic E-state index is 0.125. The Labute approximate surface area is 130 Å². The van der Waals surface area contributed by atoms with Gasteiger partial charge in [0, 0.05) is 20.3 Å². The Morgan fingerprint density at radius 1 is 1.09 bits per heavy atom. The molecule has 0 aliphatic carbocycles. The van der Waals surface area contributed by atoms with Crippen molar-refractivity contribution in [2.45, 2.75) is 0 Å². The third-order valence-corrected chi connectivity index (χ3v) is 3.73. The average Bonchev–Trinajstić information content (AvgIpc) is 2.86. The Kier molecular flexibility index (Phi) is 3.46. The van der Waals surface area contributed by atoms with E-state index in [2.05, 4.69) is 4.98 Å². The molecule has 0 fully saturated rings. The molecule has 3 rings (SSSR count). The summed E-state index contributed by atoms with van der Waals surface area (Å²) in [5.74, 6) is 0. The Bertz CT molecular complexity index is 996. The standard InChI is InChI=1S/C15H13ClN4O2/c1-18-12-11(13(21)19(2)15(18)22)20(14(16)17-12)9-8-10-6-4-3-5-7-10/h3-9H,1-2H3/b9-8+. The SMILES string of the molecule is Cn1c(=O)c2c(nc(Cl)n2/C=C/c2ccccc2)n(C)c1=O. The third kappa shape index (κ3) is 2.17. The molecule has 2 aromatic heterocycles. The maximum atomic E-state index is 12.3. The minimum atomic E-state index is -0.439. The van der Waals surface area contributed by atoms with E-state index in [0.29, 0.717) is 0 Å². The van der Waals surface area contributed by atoms with Crippen LogP contribution in [0.15, 0.2) is 39.9 Å². The zero-order chi connectivity index (χ0) is 15.9. The molecule has 7 heteroatoms. The number of benzene rings is 1. The van der Waals surface area contributed by atoms with Crippen molar-refractivity contribution < 1.29 is 0 Å². The monoisotopic (exact) mass is 316 g/mol. The summed E-state index contributed by atoms with van der Waals surface area (Å²) in [6, 6.07) is 9.60. The van der Waals surface area contributed by atoms with Crippen molar-refractivity contribution >= 4 is 35.0 Å². The van der Waals surface area contributed by atoms with Crippen LogP contribution in [0.5, 0.6) is 0 Å². The van der Waals surface area contributed by atoms with Gasteiger partial charge in [0.25, 0.3) is 5.56 Å². The molecule has 2 heterocycles. The van der Waals surface area contributed by atoms with Gasteiger partial charge in [0.1, 0.15) is 0 Å². The van der Waals surface area contributed by atoms with Gasteiger partial charge in [0.2, 0.25) is 5.28 Å². The fourth-order valence-corrected chi connectivity index (χ4v) is 2.47. The van der Waals surface area contributed by atoms with Crippen molar-refractivity contribution in [2.75, 3.05) is 0 Å². The summed E-state index contributed by atoms with van der Waals surface area (Å²) in [4.78, 5) is 28.4. The summed E-state index contributed by atoms with van der Waals surface area (Å²) < 4.78 is 3.81. The molecule has 0 atom stereocenters. The number of rotatable bonds is 2.